The van der Waals surface area contributed by atoms with Crippen LogP contribution >= 0.6 is 11.6 Å². The zero-order valence-electron chi connectivity index (χ0n) is 10.3. The molecule has 0 aliphatic rings. The first kappa shape index (κ1) is 14.2. The van der Waals surface area contributed by atoms with Gasteiger partial charge in [-0.2, -0.15) is 0 Å². The van der Waals surface area contributed by atoms with Gasteiger partial charge in [-0.3, -0.25) is 0 Å². The molecule has 2 N–H and O–H groups in total. The molecule has 0 saturated heterocycles. The van der Waals surface area contributed by atoms with Gasteiger partial charge in [0, 0.05) is 19.1 Å². The smallest absolute Gasteiger partial charge is 0.135 e. The maximum Gasteiger partial charge on any atom is 0.135 e. The zero-order chi connectivity index (χ0) is 12.8. The van der Waals surface area contributed by atoms with Crippen molar-refractivity contribution in [2.24, 2.45) is 0 Å². The van der Waals surface area contributed by atoms with Crippen LogP contribution in [0.25, 0.3) is 0 Å². The summed E-state index contributed by atoms with van der Waals surface area (Å²) in [6.07, 6.45) is 0. The average Bonchev–Trinajstić information content (AvgIpc) is 2.27. The van der Waals surface area contributed by atoms with E-state index in [4.69, 9.17) is 21.4 Å². The number of hydrogen-bond donors (Lipinski definition) is 2. The van der Waals surface area contributed by atoms with E-state index in [0.717, 1.165) is 0 Å². The van der Waals surface area contributed by atoms with Crippen molar-refractivity contribution in [2.45, 2.75) is 25.8 Å². The quantitative estimate of drug-likeness (QED) is 0.761. The van der Waals surface area contributed by atoms with Crippen LogP contribution in [0.15, 0.2) is 6.07 Å². The van der Waals surface area contributed by atoms with Crippen molar-refractivity contribution in [3.05, 3.63) is 17.0 Å². The van der Waals surface area contributed by atoms with E-state index in [-0.39, 0.29) is 18.6 Å². The summed E-state index contributed by atoms with van der Waals surface area (Å²) in [5.74, 6) is 1.48. The van der Waals surface area contributed by atoms with E-state index < -0.39 is 0 Å². The highest BCUT2D eigenvalue weighted by Gasteiger charge is 2.11. The maximum absolute atomic E-state index is 9.15. The molecule has 6 heteroatoms. The highest BCUT2D eigenvalue weighted by molar-refractivity contribution is 6.29. The fourth-order valence-electron chi connectivity index (χ4n) is 1.32. The average molecular weight is 260 g/mol. The topological polar surface area (TPSA) is 67.3 Å². The summed E-state index contributed by atoms with van der Waals surface area (Å²) < 4.78 is 4.98. The lowest BCUT2D eigenvalue weighted by atomic mass is 10.2. The number of halogens is 1. The predicted octanol–water partition coefficient (Wildman–Crippen LogP) is 1.67. The van der Waals surface area contributed by atoms with Gasteiger partial charge in [-0.15, -0.1) is 0 Å². The summed E-state index contributed by atoms with van der Waals surface area (Å²) in [5, 5.41) is 12.6. The Morgan fingerprint density at radius 1 is 1.47 bits per heavy atom. The molecular weight excluding hydrogens is 242 g/mol. The summed E-state index contributed by atoms with van der Waals surface area (Å²) in [4.78, 5) is 8.46. The van der Waals surface area contributed by atoms with Crippen molar-refractivity contribution in [1.82, 2.24) is 9.97 Å². The lowest BCUT2D eigenvalue weighted by molar-refractivity contribution is 0.153. The monoisotopic (exact) mass is 259 g/mol. The zero-order valence-corrected chi connectivity index (χ0v) is 11.0. The van der Waals surface area contributed by atoms with Gasteiger partial charge in [-0.1, -0.05) is 25.4 Å². The van der Waals surface area contributed by atoms with Crippen molar-refractivity contribution in [3.63, 3.8) is 0 Å². The molecule has 1 rings (SSSR count). The summed E-state index contributed by atoms with van der Waals surface area (Å²) in [7, 11) is 1.58. The van der Waals surface area contributed by atoms with Crippen LogP contribution in [0.1, 0.15) is 25.6 Å². The number of methoxy groups -OCH3 is 1. The SMILES string of the molecule is COCC(CO)Nc1cc(Cl)nc(C(C)C)n1. The number of ether oxygens (including phenoxy) is 1. The summed E-state index contributed by atoms with van der Waals surface area (Å²) in [6, 6.07) is 1.43. The van der Waals surface area contributed by atoms with Crippen LogP contribution in [-0.2, 0) is 4.74 Å². The van der Waals surface area contributed by atoms with E-state index in [1.807, 2.05) is 13.8 Å². The van der Waals surface area contributed by atoms with Gasteiger partial charge in [0.2, 0.25) is 0 Å². The van der Waals surface area contributed by atoms with Gasteiger partial charge in [0.15, 0.2) is 0 Å². The Bertz CT molecular complexity index is 361. The molecule has 0 amide bonds. The van der Waals surface area contributed by atoms with E-state index in [2.05, 4.69) is 15.3 Å². The first-order valence-corrected chi connectivity index (χ1v) is 5.85. The third-order valence-corrected chi connectivity index (χ3v) is 2.36. The maximum atomic E-state index is 9.15. The number of aliphatic hydroxyl groups is 1. The molecule has 1 unspecified atom stereocenters. The van der Waals surface area contributed by atoms with E-state index >= 15 is 0 Å². The first-order valence-electron chi connectivity index (χ1n) is 5.47. The van der Waals surface area contributed by atoms with Crippen LogP contribution < -0.4 is 5.32 Å². The summed E-state index contributed by atoms with van der Waals surface area (Å²) >= 11 is 5.91. The minimum absolute atomic E-state index is 0.0352. The number of nitrogens with zero attached hydrogens (tertiary/aromatic N) is 2. The van der Waals surface area contributed by atoms with Gasteiger partial charge in [0.25, 0.3) is 0 Å². The summed E-state index contributed by atoms with van der Waals surface area (Å²) in [5.41, 5.74) is 0. The standard InChI is InChI=1S/C11H18ClN3O2/c1-7(2)11-14-9(12)4-10(15-11)13-8(5-16)6-17-3/h4,7-8,16H,5-6H2,1-3H3,(H,13,14,15). The van der Waals surface area contributed by atoms with E-state index in [9.17, 15) is 0 Å². The molecule has 1 heterocycles. The second kappa shape index (κ2) is 6.74. The second-order valence-electron chi connectivity index (χ2n) is 4.07. The number of nitrogens with one attached hydrogen (secondary N) is 1. The Morgan fingerprint density at radius 2 is 2.18 bits per heavy atom. The third-order valence-electron chi connectivity index (χ3n) is 2.17. The molecule has 1 atom stereocenters. The van der Waals surface area contributed by atoms with E-state index in [1.54, 1.807) is 13.2 Å². The number of aromatic nitrogens is 2. The summed E-state index contributed by atoms with van der Waals surface area (Å²) in [6.45, 7) is 4.35. The molecule has 5 nitrogen and oxygen atoms in total. The van der Waals surface area contributed by atoms with Crippen LogP contribution in [0.4, 0.5) is 5.82 Å². The highest BCUT2D eigenvalue weighted by Crippen LogP contribution is 2.17. The van der Waals surface area contributed by atoms with Gasteiger partial charge in [-0.25, -0.2) is 9.97 Å². The van der Waals surface area contributed by atoms with Gasteiger partial charge in [-0.05, 0) is 0 Å². The highest BCUT2D eigenvalue weighted by atomic mass is 35.5. The van der Waals surface area contributed by atoms with Gasteiger partial charge < -0.3 is 15.2 Å². The first-order chi connectivity index (χ1) is 8.06. The molecular formula is C11H18ClN3O2. The lowest BCUT2D eigenvalue weighted by Crippen LogP contribution is -2.29. The van der Waals surface area contributed by atoms with Crippen molar-refractivity contribution in [1.29, 1.82) is 0 Å². The third kappa shape index (κ3) is 4.46. The van der Waals surface area contributed by atoms with E-state index in [1.165, 1.54) is 0 Å². The number of hydrogen-bond acceptors (Lipinski definition) is 5. The molecule has 0 radical (unpaired) electrons. The predicted molar refractivity (Wildman–Crippen MR) is 67.5 cm³/mol. The van der Waals surface area contributed by atoms with Gasteiger partial charge in [0.05, 0.1) is 19.3 Å². The number of aliphatic hydroxyl groups excluding tert-OH is 1. The van der Waals surface area contributed by atoms with E-state index in [0.29, 0.717) is 23.4 Å². The van der Waals surface area contributed by atoms with Crippen LogP contribution in [0.2, 0.25) is 5.15 Å². The normalized spacial score (nSPS) is 12.8. The Morgan fingerprint density at radius 3 is 2.71 bits per heavy atom. The molecule has 0 spiro atoms. The molecule has 1 aromatic heterocycles. The Kier molecular flexibility index (Phi) is 5.61. The molecule has 0 aliphatic carbocycles. The molecule has 0 aromatic carbocycles. The Labute approximate surface area is 106 Å². The van der Waals surface area contributed by atoms with Gasteiger partial charge in [0.1, 0.15) is 16.8 Å². The second-order valence-corrected chi connectivity index (χ2v) is 4.46. The molecule has 0 saturated carbocycles. The molecule has 17 heavy (non-hydrogen) atoms. The number of rotatable bonds is 6. The minimum Gasteiger partial charge on any atom is -0.394 e. The molecule has 96 valence electrons. The van der Waals surface area contributed by atoms with Crippen molar-refractivity contribution in [2.75, 3.05) is 25.6 Å². The Hall–Kier alpha value is -0.910. The molecule has 0 aliphatic heterocycles. The van der Waals surface area contributed by atoms with Crippen LogP contribution in [0.3, 0.4) is 0 Å². The minimum atomic E-state index is -0.203. The number of anilines is 1. The largest absolute Gasteiger partial charge is 0.394 e. The molecule has 1 aromatic rings. The lowest BCUT2D eigenvalue weighted by Gasteiger charge is -2.16. The molecule has 0 bridgehead atoms. The van der Waals surface area contributed by atoms with Crippen molar-refractivity contribution >= 4 is 17.4 Å². The van der Waals surface area contributed by atoms with Crippen LogP contribution in [-0.4, -0.2) is 41.4 Å². The van der Waals surface area contributed by atoms with Crippen LogP contribution in [0, 0.1) is 0 Å². The fourth-order valence-corrected chi connectivity index (χ4v) is 1.51. The van der Waals surface area contributed by atoms with Crippen LogP contribution in [0.5, 0.6) is 0 Å². The Balaban J connectivity index is 2.82. The fraction of sp³-hybridized carbons (Fsp3) is 0.636. The van der Waals surface area contributed by atoms with Crippen molar-refractivity contribution in [3.8, 4) is 0 Å². The molecule has 0 fully saturated rings. The van der Waals surface area contributed by atoms with Crippen molar-refractivity contribution < 1.29 is 9.84 Å². The van der Waals surface area contributed by atoms with Gasteiger partial charge >= 0.3 is 0 Å².